The summed E-state index contributed by atoms with van der Waals surface area (Å²) in [7, 11) is 0. The fraction of sp³-hybridized carbons (Fsp3) is 0.500. The summed E-state index contributed by atoms with van der Waals surface area (Å²) in [4.78, 5) is 14.4. The molecule has 2 saturated heterocycles. The molecular weight excluding hydrogens is 250 g/mol. The van der Waals surface area contributed by atoms with Crippen molar-refractivity contribution in [1.82, 2.24) is 4.90 Å². The minimum absolute atomic E-state index is 0.0751. The summed E-state index contributed by atoms with van der Waals surface area (Å²) >= 11 is 5.83. The normalized spacial score (nSPS) is 30.6. The van der Waals surface area contributed by atoms with Gasteiger partial charge in [0.1, 0.15) is 0 Å². The Balaban J connectivity index is 1.83. The number of piperidine rings is 1. The molecule has 2 atom stereocenters. The van der Waals surface area contributed by atoms with Gasteiger partial charge in [0, 0.05) is 22.7 Å². The van der Waals surface area contributed by atoms with Crippen LogP contribution in [0.15, 0.2) is 24.3 Å². The Bertz CT molecular complexity index is 445. The number of fused-ring (bicyclic) bond motifs is 2. The van der Waals surface area contributed by atoms with Gasteiger partial charge in [-0.2, -0.15) is 0 Å². The number of benzene rings is 1. The molecule has 2 aliphatic heterocycles. The summed E-state index contributed by atoms with van der Waals surface area (Å²) in [6.07, 6.45) is 3.23. The highest BCUT2D eigenvalue weighted by molar-refractivity contribution is 6.30. The lowest BCUT2D eigenvalue weighted by Crippen LogP contribution is -2.47. The third-order valence-electron chi connectivity index (χ3n) is 4.03. The monoisotopic (exact) mass is 265 g/mol. The van der Waals surface area contributed by atoms with Crippen molar-refractivity contribution in [2.24, 2.45) is 0 Å². The maximum atomic E-state index is 12.5. The van der Waals surface area contributed by atoms with E-state index in [-0.39, 0.29) is 24.1 Å². The number of halogens is 1. The van der Waals surface area contributed by atoms with Crippen molar-refractivity contribution < 1.29 is 9.90 Å². The number of aliphatic hydroxyl groups is 1. The van der Waals surface area contributed by atoms with Crippen LogP contribution in [0.4, 0.5) is 0 Å². The van der Waals surface area contributed by atoms with Gasteiger partial charge in [-0.1, -0.05) is 11.6 Å². The van der Waals surface area contributed by atoms with Crippen molar-refractivity contribution in [3.8, 4) is 0 Å². The maximum Gasteiger partial charge on any atom is 0.254 e. The SMILES string of the molecule is O=C(c1ccc(Cl)cc1)N1C2CCC1CC(O)C2. The molecule has 2 aliphatic rings. The van der Waals surface area contributed by atoms with Gasteiger partial charge in [0.15, 0.2) is 0 Å². The third kappa shape index (κ3) is 2.02. The highest BCUT2D eigenvalue weighted by Gasteiger charge is 2.42. The zero-order chi connectivity index (χ0) is 12.7. The molecule has 0 aromatic heterocycles. The largest absolute Gasteiger partial charge is 0.393 e. The summed E-state index contributed by atoms with van der Waals surface area (Å²) in [5, 5.41) is 10.4. The number of hydrogen-bond acceptors (Lipinski definition) is 2. The smallest absolute Gasteiger partial charge is 0.254 e. The van der Waals surface area contributed by atoms with Crippen LogP contribution >= 0.6 is 11.6 Å². The fourth-order valence-corrected chi connectivity index (χ4v) is 3.35. The van der Waals surface area contributed by atoms with Crippen LogP contribution in [0.25, 0.3) is 0 Å². The Kier molecular flexibility index (Phi) is 3.04. The molecule has 96 valence electrons. The first kappa shape index (κ1) is 12.0. The highest BCUT2D eigenvalue weighted by atomic mass is 35.5. The zero-order valence-electron chi connectivity index (χ0n) is 10.1. The predicted octanol–water partition coefficient (Wildman–Crippen LogP) is 2.47. The molecule has 3 nitrogen and oxygen atoms in total. The van der Waals surface area contributed by atoms with E-state index < -0.39 is 0 Å². The zero-order valence-corrected chi connectivity index (χ0v) is 10.8. The Labute approximate surface area is 111 Å². The van der Waals surface area contributed by atoms with Gasteiger partial charge in [0.25, 0.3) is 5.91 Å². The first-order chi connectivity index (χ1) is 8.65. The first-order valence-corrected chi connectivity index (χ1v) is 6.79. The molecule has 4 heteroatoms. The molecule has 0 radical (unpaired) electrons. The van der Waals surface area contributed by atoms with Crippen LogP contribution in [0.5, 0.6) is 0 Å². The molecule has 0 saturated carbocycles. The Hall–Kier alpha value is -1.06. The average molecular weight is 266 g/mol. The van der Waals surface area contributed by atoms with Crippen molar-refractivity contribution in [1.29, 1.82) is 0 Å². The molecule has 1 aromatic rings. The highest BCUT2D eigenvalue weighted by Crippen LogP contribution is 2.36. The van der Waals surface area contributed by atoms with Crippen LogP contribution in [-0.2, 0) is 0 Å². The van der Waals surface area contributed by atoms with E-state index in [1.165, 1.54) is 0 Å². The third-order valence-corrected chi connectivity index (χ3v) is 4.29. The molecule has 2 fully saturated rings. The van der Waals surface area contributed by atoms with Gasteiger partial charge in [-0.25, -0.2) is 0 Å². The fourth-order valence-electron chi connectivity index (χ4n) is 3.22. The number of nitrogens with zero attached hydrogens (tertiary/aromatic N) is 1. The summed E-state index contributed by atoms with van der Waals surface area (Å²) in [5.41, 5.74) is 0.688. The van der Waals surface area contributed by atoms with Crippen LogP contribution in [0.3, 0.4) is 0 Å². The van der Waals surface area contributed by atoms with E-state index in [0.29, 0.717) is 10.6 Å². The number of aliphatic hydroxyl groups excluding tert-OH is 1. The second-order valence-electron chi connectivity index (χ2n) is 5.23. The van der Waals surface area contributed by atoms with Crippen molar-refractivity contribution in [2.45, 2.75) is 43.9 Å². The number of carbonyl (C=O) groups is 1. The number of hydrogen-bond donors (Lipinski definition) is 1. The van der Waals surface area contributed by atoms with Crippen LogP contribution < -0.4 is 0 Å². The molecule has 1 N–H and O–H groups in total. The van der Waals surface area contributed by atoms with Crippen molar-refractivity contribution >= 4 is 17.5 Å². The van der Waals surface area contributed by atoms with E-state index in [9.17, 15) is 9.90 Å². The number of carbonyl (C=O) groups excluding carboxylic acids is 1. The van der Waals surface area contributed by atoms with Gasteiger partial charge in [-0.15, -0.1) is 0 Å². The number of amides is 1. The van der Waals surface area contributed by atoms with Gasteiger partial charge in [0.05, 0.1) is 6.10 Å². The maximum absolute atomic E-state index is 12.5. The van der Waals surface area contributed by atoms with Gasteiger partial charge >= 0.3 is 0 Å². The van der Waals surface area contributed by atoms with Crippen LogP contribution in [-0.4, -0.2) is 34.1 Å². The Morgan fingerprint density at radius 3 is 2.28 bits per heavy atom. The van der Waals surface area contributed by atoms with E-state index in [0.717, 1.165) is 25.7 Å². The lowest BCUT2D eigenvalue weighted by Gasteiger charge is -2.37. The predicted molar refractivity (Wildman–Crippen MR) is 69.7 cm³/mol. The molecule has 3 rings (SSSR count). The molecular formula is C14H16ClNO2. The second-order valence-corrected chi connectivity index (χ2v) is 5.67. The molecule has 2 bridgehead atoms. The quantitative estimate of drug-likeness (QED) is 0.847. The molecule has 1 aromatic carbocycles. The molecule has 0 aliphatic carbocycles. The summed E-state index contributed by atoms with van der Waals surface area (Å²) in [6.45, 7) is 0. The van der Waals surface area contributed by atoms with E-state index >= 15 is 0 Å². The van der Waals surface area contributed by atoms with Gasteiger partial charge in [0.2, 0.25) is 0 Å². The van der Waals surface area contributed by atoms with Crippen molar-refractivity contribution in [3.05, 3.63) is 34.9 Å². The summed E-state index contributed by atoms with van der Waals surface area (Å²) in [6, 6.07) is 7.46. The molecule has 1 amide bonds. The standard InChI is InChI=1S/C14H16ClNO2/c15-10-3-1-9(2-4-10)14(18)16-11-5-6-12(16)8-13(17)7-11/h1-4,11-13,17H,5-8H2. The van der Waals surface area contributed by atoms with Crippen molar-refractivity contribution in [2.75, 3.05) is 0 Å². The minimum atomic E-state index is -0.239. The lowest BCUT2D eigenvalue weighted by molar-refractivity contribution is 0.0287. The Morgan fingerprint density at radius 1 is 1.17 bits per heavy atom. The second kappa shape index (κ2) is 4.56. The first-order valence-electron chi connectivity index (χ1n) is 6.41. The van der Waals surface area contributed by atoms with E-state index in [1.54, 1.807) is 24.3 Å². The lowest BCUT2D eigenvalue weighted by atomic mass is 9.99. The molecule has 2 heterocycles. The van der Waals surface area contributed by atoms with Crippen molar-refractivity contribution in [3.63, 3.8) is 0 Å². The van der Waals surface area contributed by atoms with Crippen LogP contribution in [0.1, 0.15) is 36.0 Å². The van der Waals surface area contributed by atoms with Crippen LogP contribution in [0.2, 0.25) is 5.02 Å². The van der Waals surface area contributed by atoms with Gasteiger partial charge in [-0.05, 0) is 49.9 Å². The van der Waals surface area contributed by atoms with Crippen LogP contribution in [0, 0.1) is 0 Å². The summed E-state index contributed by atoms with van der Waals surface area (Å²) in [5.74, 6) is 0.0751. The topological polar surface area (TPSA) is 40.5 Å². The molecule has 18 heavy (non-hydrogen) atoms. The average Bonchev–Trinajstić information content (AvgIpc) is 2.62. The minimum Gasteiger partial charge on any atom is -0.393 e. The summed E-state index contributed by atoms with van der Waals surface area (Å²) < 4.78 is 0. The van der Waals surface area contributed by atoms with E-state index in [2.05, 4.69) is 0 Å². The number of rotatable bonds is 1. The van der Waals surface area contributed by atoms with Gasteiger partial charge in [-0.3, -0.25) is 4.79 Å². The van der Waals surface area contributed by atoms with Gasteiger partial charge < -0.3 is 10.0 Å². The van der Waals surface area contributed by atoms with E-state index in [4.69, 9.17) is 11.6 Å². The molecule has 0 spiro atoms. The molecule has 2 unspecified atom stereocenters. The Morgan fingerprint density at radius 2 is 1.72 bits per heavy atom. The van der Waals surface area contributed by atoms with E-state index in [1.807, 2.05) is 4.90 Å².